The summed E-state index contributed by atoms with van der Waals surface area (Å²) in [5.74, 6) is -0.929. The molecule has 0 unspecified atom stereocenters. The number of rotatable bonds is 3. The molecule has 2 rings (SSSR count). The number of hydrogen-bond donors (Lipinski definition) is 1. The fraction of sp³-hybridized carbons (Fsp3) is 0.0833. The molecule has 17 heavy (non-hydrogen) atoms. The van der Waals surface area contributed by atoms with Crippen molar-refractivity contribution in [2.24, 2.45) is 5.73 Å². The highest BCUT2D eigenvalue weighted by Gasteiger charge is 2.06. The molecule has 3 nitrogen and oxygen atoms in total. The highest BCUT2D eigenvalue weighted by atomic mass is 19.1. The lowest BCUT2D eigenvalue weighted by Gasteiger charge is -2.09. The molecule has 0 saturated carbocycles. The van der Waals surface area contributed by atoms with E-state index in [4.69, 9.17) is 10.5 Å². The van der Waals surface area contributed by atoms with Crippen molar-refractivity contribution in [2.75, 3.05) is 0 Å². The molecule has 1 aromatic heterocycles. The van der Waals surface area contributed by atoms with Gasteiger partial charge >= 0.3 is 0 Å². The predicted molar refractivity (Wildman–Crippen MR) is 58.6 cm³/mol. The number of aromatic nitrogens is 1. The van der Waals surface area contributed by atoms with Crippen LogP contribution in [0.2, 0.25) is 0 Å². The maximum Gasteiger partial charge on any atom is 0.150 e. The Morgan fingerprint density at radius 2 is 1.88 bits per heavy atom. The number of ether oxygens (including phenoxy) is 1. The predicted octanol–water partition coefficient (Wildman–Crippen LogP) is 2.61. The molecule has 2 aromatic rings. The minimum absolute atomic E-state index is 0.0743. The van der Waals surface area contributed by atoms with Crippen molar-refractivity contribution >= 4 is 0 Å². The number of nitrogens with two attached hydrogens (primary N) is 1. The van der Waals surface area contributed by atoms with Crippen molar-refractivity contribution in [3.05, 3.63) is 53.9 Å². The highest BCUT2D eigenvalue weighted by Crippen LogP contribution is 2.25. The lowest BCUT2D eigenvalue weighted by atomic mass is 10.2. The van der Waals surface area contributed by atoms with Gasteiger partial charge in [0.1, 0.15) is 23.1 Å². The molecule has 0 bridgehead atoms. The van der Waals surface area contributed by atoms with Crippen molar-refractivity contribution in [1.29, 1.82) is 0 Å². The van der Waals surface area contributed by atoms with Gasteiger partial charge in [-0.2, -0.15) is 0 Å². The summed E-state index contributed by atoms with van der Waals surface area (Å²) in [5, 5.41) is 0. The third-order valence-electron chi connectivity index (χ3n) is 2.15. The number of halogens is 2. The third-order valence-corrected chi connectivity index (χ3v) is 2.15. The number of nitrogens with zero attached hydrogens (tertiary/aromatic N) is 1. The molecule has 0 atom stereocenters. The van der Waals surface area contributed by atoms with Crippen molar-refractivity contribution in [1.82, 2.24) is 4.98 Å². The maximum atomic E-state index is 13.0. The molecule has 0 spiro atoms. The zero-order valence-electron chi connectivity index (χ0n) is 8.86. The minimum Gasteiger partial charge on any atom is -0.455 e. The Kier molecular flexibility index (Phi) is 3.30. The number of benzene rings is 1. The van der Waals surface area contributed by atoms with Gasteiger partial charge in [0.05, 0.1) is 6.20 Å². The molecular weight excluding hydrogens is 226 g/mol. The molecule has 0 amide bonds. The second-order valence-corrected chi connectivity index (χ2v) is 3.39. The van der Waals surface area contributed by atoms with Gasteiger partial charge in [0.25, 0.3) is 0 Å². The normalized spacial score (nSPS) is 10.3. The van der Waals surface area contributed by atoms with Crippen LogP contribution in [0.15, 0.2) is 36.7 Å². The molecule has 0 radical (unpaired) electrons. The van der Waals surface area contributed by atoms with Crippen LogP contribution in [-0.4, -0.2) is 4.98 Å². The quantitative estimate of drug-likeness (QED) is 0.891. The monoisotopic (exact) mass is 236 g/mol. The average Bonchev–Trinajstić information content (AvgIpc) is 2.28. The van der Waals surface area contributed by atoms with Gasteiger partial charge in [-0.3, -0.25) is 4.98 Å². The molecule has 0 aliphatic heterocycles. The van der Waals surface area contributed by atoms with Crippen LogP contribution in [0.3, 0.4) is 0 Å². The first-order chi connectivity index (χ1) is 8.19. The van der Waals surface area contributed by atoms with Crippen LogP contribution < -0.4 is 10.5 Å². The molecular formula is C12H10F2N2O. The zero-order valence-corrected chi connectivity index (χ0v) is 8.86. The summed E-state index contributed by atoms with van der Waals surface area (Å²) in [6.07, 6.45) is 3.02. The lowest BCUT2D eigenvalue weighted by Crippen LogP contribution is -2.00. The fourth-order valence-corrected chi connectivity index (χ4v) is 1.38. The smallest absolute Gasteiger partial charge is 0.150 e. The van der Waals surface area contributed by atoms with Crippen molar-refractivity contribution in [3.63, 3.8) is 0 Å². The molecule has 1 aromatic carbocycles. The van der Waals surface area contributed by atoms with Gasteiger partial charge in [-0.05, 0) is 6.07 Å². The minimum atomic E-state index is -0.696. The van der Waals surface area contributed by atoms with Gasteiger partial charge < -0.3 is 10.5 Å². The van der Waals surface area contributed by atoms with Gasteiger partial charge in [-0.1, -0.05) is 0 Å². The molecule has 1 heterocycles. The van der Waals surface area contributed by atoms with E-state index in [9.17, 15) is 8.78 Å². The first-order valence-electron chi connectivity index (χ1n) is 4.96. The van der Waals surface area contributed by atoms with Crippen molar-refractivity contribution < 1.29 is 13.5 Å². The van der Waals surface area contributed by atoms with Crippen LogP contribution in [-0.2, 0) is 6.54 Å². The van der Waals surface area contributed by atoms with Crippen molar-refractivity contribution in [2.45, 2.75) is 6.54 Å². The van der Waals surface area contributed by atoms with E-state index >= 15 is 0 Å². The van der Waals surface area contributed by atoms with E-state index in [1.807, 2.05) is 0 Å². The molecule has 0 aliphatic rings. The average molecular weight is 236 g/mol. The van der Waals surface area contributed by atoms with E-state index < -0.39 is 11.6 Å². The Balaban J connectivity index is 2.31. The SMILES string of the molecule is NCc1ccncc1Oc1cc(F)cc(F)c1. The Bertz CT molecular complexity index is 511. The molecule has 0 aliphatic carbocycles. The number of pyridine rings is 1. The Hall–Kier alpha value is -2.01. The number of hydrogen-bond acceptors (Lipinski definition) is 3. The van der Waals surface area contributed by atoms with Crippen LogP contribution in [0.1, 0.15) is 5.56 Å². The second kappa shape index (κ2) is 4.88. The van der Waals surface area contributed by atoms with E-state index in [0.717, 1.165) is 18.2 Å². The van der Waals surface area contributed by atoms with Gasteiger partial charge in [0, 0.05) is 36.5 Å². The van der Waals surface area contributed by atoms with E-state index in [1.165, 1.54) is 6.20 Å². The summed E-state index contributed by atoms with van der Waals surface area (Å²) in [6, 6.07) is 4.65. The van der Waals surface area contributed by atoms with E-state index in [0.29, 0.717) is 11.3 Å². The molecule has 88 valence electrons. The van der Waals surface area contributed by atoms with Crippen LogP contribution in [0.25, 0.3) is 0 Å². The summed E-state index contributed by atoms with van der Waals surface area (Å²) in [5.41, 5.74) is 6.22. The zero-order chi connectivity index (χ0) is 12.3. The highest BCUT2D eigenvalue weighted by molar-refractivity contribution is 5.35. The van der Waals surface area contributed by atoms with Gasteiger partial charge in [0.2, 0.25) is 0 Å². The van der Waals surface area contributed by atoms with Gasteiger partial charge in [0.15, 0.2) is 0 Å². The Morgan fingerprint density at radius 1 is 1.18 bits per heavy atom. The summed E-state index contributed by atoms with van der Waals surface area (Å²) >= 11 is 0. The van der Waals surface area contributed by atoms with Crippen LogP contribution in [0, 0.1) is 11.6 Å². The molecule has 2 N–H and O–H groups in total. The van der Waals surface area contributed by atoms with Crippen LogP contribution >= 0.6 is 0 Å². The van der Waals surface area contributed by atoms with Gasteiger partial charge in [-0.25, -0.2) is 8.78 Å². The first-order valence-corrected chi connectivity index (χ1v) is 4.96. The molecule has 5 heteroatoms. The fourth-order valence-electron chi connectivity index (χ4n) is 1.38. The maximum absolute atomic E-state index is 13.0. The van der Waals surface area contributed by atoms with E-state index in [2.05, 4.69) is 4.98 Å². The lowest BCUT2D eigenvalue weighted by molar-refractivity contribution is 0.461. The summed E-state index contributed by atoms with van der Waals surface area (Å²) < 4.78 is 31.2. The Labute approximate surface area is 96.9 Å². The Morgan fingerprint density at radius 3 is 2.53 bits per heavy atom. The third kappa shape index (κ3) is 2.76. The van der Waals surface area contributed by atoms with Crippen molar-refractivity contribution in [3.8, 4) is 11.5 Å². The van der Waals surface area contributed by atoms with Crippen LogP contribution in [0.4, 0.5) is 8.78 Å². The summed E-state index contributed by atoms with van der Waals surface area (Å²) in [4.78, 5) is 3.87. The summed E-state index contributed by atoms with van der Waals surface area (Å²) in [7, 11) is 0. The topological polar surface area (TPSA) is 48.1 Å². The molecule has 0 saturated heterocycles. The largest absolute Gasteiger partial charge is 0.455 e. The first kappa shape index (κ1) is 11.5. The second-order valence-electron chi connectivity index (χ2n) is 3.39. The van der Waals surface area contributed by atoms with E-state index in [-0.39, 0.29) is 12.3 Å². The van der Waals surface area contributed by atoms with Crippen LogP contribution in [0.5, 0.6) is 11.5 Å². The standard InChI is InChI=1S/C12H10F2N2O/c13-9-3-10(14)5-11(4-9)17-12-7-16-2-1-8(12)6-15/h1-5,7H,6,15H2. The van der Waals surface area contributed by atoms with E-state index in [1.54, 1.807) is 12.3 Å². The van der Waals surface area contributed by atoms with Gasteiger partial charge in [-0.15, -0.1) is 0 Å². The summed E-state index contributed by atoms with van der Waals surface area (Å²) in [6.45, 7) is 0.260. The molecule has 0 fully saturated rings.